The first-order valence-corrected chi connectivity index (χ1v) is 20.0. The molecule has 0 aliphatic heterocycles. The van der Waals surface area contributed by atoms with E-state index < -0.39 is 17.1 Å². The van der Waals surface area contributed by atoms with E-state index in [-0.39, 0.29) is 11.6 Å². The summed E-state index contributed by atoms with van der Waals surface area (Å²) in [6, 6.07) is 49.9. The van der Waals surface area contributed by atoms with Crippen molar-refractivity contribution in [3.05, 3.63) is 202 Å². The summed E-state index contributed by atoms with van der Waals surface area (Å²) >= 11 is 9.05. The lowest BCUT2D eigenvalue weighted by Gasteiger charge is -2.17. The van der Waals surface area contributed by atoms with Crippen molar-refractivity contribution in [3.8, 4) is 17.0 Å². The zero-order chi connectivity index (χ0) is 39.4. The zero-order valence-electron chi connectivity index (χ0n) is 30.3. The third kappa shape index (κ3) is 10.6. The number of nitrogens with one attached hydrogen (secondary N) is 3. The Kier molecular flexibility index (Phi) is 12.9. The van der Waals surface area contributed by atoms with E-state index >= 15 is 0 Å². The van der Waals surface area contributed by atoms with Crippen LogP contribution in [0.3, 0.4) is 0 Å². The van der Waals surface area contributed by atoms with Gasteiger partial charge in [0, 0.05) is 32.1 Å². The summed E-state index contributed by atoms with van der Waals surface area (Å²) in [5.41, 5.74) is 4.90. The van der Waals surface area contributed by atoms with Crippen molar-refractivity contribution < 1.29 is 19.1 Å². The highest BCUT2D eigenvalue weighted by Crippen LogP contribution is 2.38. The molecule has 1 atom stereocenters. The molecule has 0 bridgehead atoms. The molecular weight excluding hydrogens is 772 g/mol. The van der Waals surface area contributed by atoms with Gasteiger partial charge in [-0.1, -0.05) is 127 Å². The van der Waals surface area contributed by atoms with E-state index in [4.69, 9.17) is 16.3 Å². The number of nitrogens with zero attached hydrogens (tertiary/aromatic N) is 1. The number of carbonyl (C=O) groups is 3. The predicted octanol–water partition coefficient (Wildman–Crippen LogP) is 10.9. The second-order valence-electron chi connectivity index (χ2n) is 12.6. The molecule has 1 aromatic heterocycles. The molecule has 0 aliphatic rings. The molecule has 7 aromatic rings. The fourth-order valence-electron chi connectivity index (χ4n) is 5.69. The van der Waals surface area contributed by atoms with Crippen LogP contribution >= 0.6 is 34.7 Å². The number of aromatic nitrogens is 1. The summed E-state index contributed by atoms with van der Waals surface area (Å²) < 4.78 is 5.93. The van der Waals surface area contributed by atoms with E-state index in [0.29, 0.717) is 45.0 Å². The van der Waals surface area contributed by atoms with Gasteiger partial charge in [-0.15, -0.1) is 23.1 Å². The Labute approximate surface area is 343 Å². The number of hydrogen-bond acceptors (Lipinski definition) is 7. The van der Waals surface area contributed by atoms with Crippen molar-refractivity contribution in [1.82, 2.24) is 10.3 Å². The Hall–Kier alpha value is -6.46. The number of halogens is 1. The SMILES string of the molecule is O=C(Nc1cccc(SC(C(=O)Nc2nc(-c3ccccc3Cl)cs2)c2ccccc2)c1)/C(=C/c1ccc(OCc2ccccc2)cc1)NC(=O)c1ccccc1. The van der Waals surface area contributed by atoms with Gasteiger partial charge < -0.3 is 20.7 Å². The fraction of sp³-hybridized carbons (Fsp3) is 0.0435. The highest BCUT2D eigenvalue weighted by atomic mass is 35.5. The van der Waals surface area contributed by atoms with Gasteiger partial charge in [0.2, 0.25) is 5.91 Å². The second-order valence-corrected chi connectivity index (χ2v) is 15.1. The minimum absolute atomic E-state index is 0.0426. The van der Waals surface area contributed by atoms with E-state index in [2.05, 4.69) is 20.9 Å². The molecule has 1 unspecified atom stereocenters. The van der Waals surface area contributed by atoms with Crippen molar-refractivity contribution in [3.63, 3.8) is 0 Å². The van der Waals surface area contributed by atoms with Crippen molar-refractivity contribution in [2.24, 2.45) is 0 Å². The molecule has 57 heavy (non-hydrogen) atoms. The van der Waals surface area contributed by atoms with E-state index in [1.807, 2.05) is 121 Å². The summed E-state index contributed by atoms with van der Waals surface area (Å²) in [7, 11) is 0. The molecule has 7 rings (SSSR count). The lowest BCUT2D eigenvalue weighted by atomic mass is 10.1. The standard InChI is InChI=1S/C46H35ClN4O4S2/c47-39-22-11-10-21-38(39)41-30-56-46(50-41)51-45(54)42(33-15-6-2-7-16-33)57-37-20-12-19-35(28-37)48-44(53)40(49-43(52)34-17-8-3-9-18-34)27-31-23-25-36(26-24-31)55-29-32-13-4-1-5-14-32/h1-28,30,42H,29H2,(H,48,53)(H,49,52)(H,50,51,54)/b40-27-. The van der Waals surface area contributed by atoms with Crippen LogP contribution in [0.1, 0.15) is 32.3 Å². The van der Waals surface area contributed by atoms with Gasteiger partial charge in [0.25, 0.3) is 11.8 Å². The molecule has 0 fully saturated rings. The van der Waals surface area contributed by atoms with E-state index in [1.54, 1.807) is 54.6 Å². The van der Waals surface area contributed by atoms with Crippen LogP contribution in [-0.4, -0.2) is 22.7 Å². The summed E-state index contributed by atoms with van der Waals surface area (Å²) in [6.45, 7) is 0.419. The average molecular weight is 807 g/mol. The van der Waals surface area contributed by atoms with E-state index in [1.165, 1.54) is 23.1 Å². The topological polar surface area (TPSA) is 109 Å². The summed E-state index contributed by atoms with van der Waals surface area (Å²) in [5.74, 6) is -0.548. The molecule has 3 amide bonds. The second kappa shape index (κ2) is 18.9. The number of anilines is 2. The van der Waals surface area contributed by atoms with E-state index in [0.717, 1.165) is 21.6 Å². The quantitative estimate of drug-likeness (QED) is 0.0746. The van der Waals surface area contributed by atoms with Crippen LogP contribution in [0.25, 0.3) is 17.3 Å². The maximum absolute atomic E-state index is 13.9. The van der Waals surface area contributed by atoms with Crippen LogP contribution in [0.5, 0.6) is 5.75 Å². The Morgan fingerprint density at radius 2 is 1.44 bits per heavy atom. The van der Waals surface area contributed by atoms with Crippen LogP contribution in [0.15, 0.2) is 180 Å². The molecule has 282 valence electrons. The van der Waals surface area contributed by atoms with Gasteiger partial charge >= 0.3 is 0 Å². The number of carbonyl (C=O) groups excluding carboxylic acids is 3. The van der Waals surface area contributed by atoms with Crippen molar-refractivity contribution in [2.45, 2.75) is 16.8 Å². The highest BCUT2D eigenvalue weighted by molar-refractivity contribution is 8.00. The van der Waals surface area contributed by atoms with Crippen LogP contribution < -0.4 is 20.7 Å². The van der Waals surface area contributed by atoms with Gasteiger partial charge in [-0.2, -0.15) is 0 Å². The first kappa shape index (κ1) is 38.8. The number of thioether (sulfide) groups is 1. The minimum Gasteiger partial charge on any atom is -0.489 e. The number of ether oxygens (including phenoxy) is 1. The Bertz CT molecular complexity index is 2500. The van der Waals surface area contributed by atoms with Crippen LogP contribution in [0.4, 0.5) is 10.8 Å². The molecular formula is C46H35ClN4O4S2. The molecule has 0 aliphatic carbocycles. The molecule has 0 spiro atoms. The first-order chi connectivity index (χ1) is 27.9. The molecule has 8 nitrogen and oxygen atoms in total. The monoisotopic (exact) mass is 806 g/mol. The van der Waals surface area contributed by atoms with Crippen molar-refractivity contribution in [2.75, 3.05) is 10.6 Å². The van der Waals surface area contributed by atoms with Gasteiger partial charge in [0.1, 0.15) is 23.3 Å². The zero-order valence-corrected chi connectivity index (χ0v) is 32.7. The fourth-order valence-corrected chi connectivity index (χ4v) is 7.72. The number of rotatable bonds is 14. The normalized spacial score (nSPS) is 11.6. The summed E-state index contributed by atoms with van der Waals surface area (Å²) in [5, 5.41) is 10.9. The third-order valence-electron chi connectivity index (χ3n) is 8.54. The van der Waals surface area contributed by atoms with Crippen molar-refractivity contribution in [1.29, 1.82) is 0 Å². The number of amides is 3. The Morgan fingerprint density at radius 3 is 2.18 bits per heavy atom. The Morgan fingerprint density at radius 1 is 0.754 bits per heavy atom. The third-order valence-corrected chi connectivity index (χ3v) is 10.9. The Balaban J connectivity index is 1.08. The van der Waals surface area contributed by atoms with Gasteiger partial charge in [0.15, 0.2) is 5.13 Å². The van der Waals surface area contributed by atoms with Crippen LogP contribution in [0.2, 0.25) is 5.02 Å². The minimum atomic E-state index is -0.648. The van der Waals surface area contributed by atoms with Gasteiger partial charge in [-0.25, -0.2) is 4.98 Å². The smallest absolute Gasteiger partial charge is 0.272 e. The van der Waals surface area contributed by atoms with Crippen molar-refractivity contribution >= 4 is 69.3 Å². The molecule has 0 saturated heterocycles. The molecule has 0 saturated carbocycles. The van der Waals surface area contributed by atoms with E-state index in [9.17, 15) is 14.4 Å². The van der Waals surface area contributed by atoms with Gasteiger partial charge in [-0.3, -0.25) is 14.4 Å². The molecule has 0 radical (unpaired) electrons. The largest absolute Gasteiger partial charge is 0.489 e. The van der Waals surface area contributed by atoms with Gasteiger partial charge in [-0.05, 0) is 71.3 Å². The maximum atomic E-state index is 13.9. The number of hydrogen-bond donors (Lipinski definition) is 3. The van der Waals surface area contributed by atoms with Crippen LogP contribution in [0, 0.1) is 0 Å². The first-order valence-electron chi connectivity index (χ1n) is 17.9. The predicted molar refractivity (Wildman–Crippen MR) is 230 cm³/mol. The molecule has 3 N–H and O–H groups in total. The maximum Gasteiger partial charge on any atom is 0.272 e. The molecule has 11 heteroatoms. The lowest BCUT2D eigenvalue weighted by molar-refractivity contribution is -0.116. The number of benzene rings is 6. The number of thiazole rings is 1. The summed E-state index contributed by atoms with van der Waals surface area (Å²) in [6.07, 6.45) is 1.61. The molecule has 1 heterocycles. The molecule has 6 aromatic carbocycles. The average Bonchev–Trinajstić information content (AvgIpc) is 3.71. The lowest BCUT2D eigenvalue weighted by Crippen LogP contribution is -2.30. The van der Waals surface area contributed by atoms with Crippen LogP contribution in [-0.2, 0) is 16.2 Å². The summed E-state index contributed by atoms with van der Waals surface area (Å²) in [4.78, 5) is 46.4. The highest BCUT2D eigenvalue weighted by Gasteiger charge is 2.24. The van der Waals surface area contributed by atoms with Gasteiger partial charge in [0.05, 0.1) is 5.69 Å².